The van der Waals surface area contributed by atoms with Gasteiger partial charge in [0, 0.05) is 30.6 Å². The minimum atomic E-state index is -1.47. The summed E-state index contributed by atoms with van der Waals surface area (Å²) in [6.45, 7) is 0.723. The molecule has 22 heavy (non-hydrogen) atoms. The molecule has 1 aromatic carbocycles. The lowest BCUT2D eigenvalue weighted by molar-refractivity contribution is -0.146. The number of hydrogen-bond donors (Lipinski definition) is 2. The van der Waals surface area contributed by atoms with Crippen LogP contribution in [0.1, 0.15) is 18.4 Å². The molecule has 1 aromatic heterocycles. The third-order valence-corrected chi connectivity index (χ3v) is 5.32. The number of amides is 2. The Morgan fingerprint density at radius 2 is 1.95 bits per heavy atom. The predicted octanol–water partition coefficient (Wildman–Crippen LogP) is 1.28. The first-order valence-corrected chi connectivity index (χ1v) is 8.13. The maximum atomic E-state index is 12.4. The molecular weight excluding hydrogens is 300 g/mol. The highest BCUT2D eigenvalue weighted by molar-refractivity contribution is 7.17. The number of nitrogens with two attached hydrogens (primary N) is 1. The summed E-state index contributed by atoms with van der Waals surface area (Å²) in [5.41, 5.74) is 4.77. The van der Waals surface area contributed by atoms with Crippen LogP contribution in [0.2, 0.25) is 0 Å². The topological polar surface area (TPSA) is 83.6 Å². The van der Waals surface area contributed by atoms with Crippen molar-refractivity contribution in [2.24, 2.45) is 5.73 Å². The van der Waals surface area contributed by atoms with E-state index < -0.39 is 11.5 Å². The fourth-order valence-electron chi connectivity index (χ4n) is 2.82. The van der Waals surface area contributed by atoms with Crippen LogP contribution in [-0.4, -0.2) is 40.5 Å². The van der Waals surface area contributed by atoms with Crippen LogP contribution in [0, 0.1) is 0 Å². The molecule has 0 unspecified atom stereocenters. The maximum Gasteiger partial charge on any atom is 0.249 e. The van der Waals surface area contributed by atoms with Gasteiger partial charge in [0.2, 0.25) is 11.8 Å². The highest BCUT2D eigenvalue weighted by Crippen LogP contribution is 2.27. The Kier molecular flexibility index (Phi) is 3.88. The highest BCUT2D eigenvalue weighted by Gasteiger charge is 2.38. The molecule has 2 aromatic rings. The van der Waals surface area contributed by atoms with E-state index in [0.717, 1.165) is 10.9 Å². The van der Waals surface area contributed by atoms with Crippen LogP contribution in [0.5, 0.6) is 0 Å². The Labute approximate surface area is 132 Å². The number of aliphatic hydroxyl groups is 1. The molecule has 0 saturated carbocycles. The summed E-state index contributed by atoms with van der Waals surface area (Å²) >= 11 is 1.63. The number of thiophene rings is 1. The summed E-state index contributed by atoms with van der Waals surface area (Å²) in [7, 11) is 0. The molecule has 1 aliphatic rings. The summed E-state index contributed by atoms with van der Waals surface area (Å²) in [4.78, 5) is 25.3. The molecule has 6 heteroatoms. The molecule has 3 rings (SSSR count). The third kappa shape index (κ3) is 2.71. The Bertz CT molecular complexity index is 717. The zero-order chi connectivity index (χ0) is 15.7. The quantitative estimate of drug-likeness (QED) is 0.894. The van der Waals surface area contributed by atoms with Gasteiger partial charge in [-0.15, -0.1) is 11.3 Å². The van der Waals surface area contributed by atoms with Crippen molar-refractivity contribution in [2.75, 3.05) is 13.1 Å². The highest BCUT2D eigenvalue weighted by atomic mass is 32.1. The number of carbonyl (C=O) groups is 2. The number of fused-ring (bicyclic) bond motifs is 1. The van der Waals surface area contributed by atoms with E-state index in [1.165, 1.54) is 4.70 Å². The molecule has 1 saturated heterocycles. The molecule has 5 nitrogen and oxygen atoms in total. The van der Waals surface area contributed by atoms with Crippen LogP contribution < -0.4 is 5.73 Å². The number of hydrogen-bond acceptors (Lipinski definition) is 4. The Morgan fingerprint density at radius 3 is 2.64 bits per heavy atom. The Hall–Kier alpha value is -1.92. The molecule has 2 heterocycles. The van der Waals surface area contributed by atoms with Crippen molar-refractivity contribution < 1.29 is 14.7 Å². The fourth-order valence-corrected chi connectivity index (χ4v) is 3.78. The second kappa shape index (κ2) is 5.70. The average molecular weight is 318 g/mol. The number of piperidine rings is 1. The Morgan fingerprint density at radius 1 is 1.27 bits per heavy atom. The number of primary amides is 1. The SMILES string of the molecule is NC(=O)C1(O)CCN(C(=O)Cc2csc3ccccc23)CC1. The van der Waals surface area contributed by atoms with Crippen molar-refractivity contribution in [1.82, 2.24) is 4.90 Å². The van der Waals surface area contributed by atoms with E-state index in [0.29, 0.717) is 19.5 Å². The van der Waals surface area contributed by atoms with Gasteiger partial charge in [0.1, 0.15) is 5.60 Å². The van der Waals surface area contributed by atoms with Crippen LogP contribution in [0.15, 0.2) is 29.6 Å². The van der Waals surface area contributed by atoms with Crippen LogP contribution in [0.3, 0.4) is 0 Å². The largest absolute Gasteiger partial charge is 0.380 e. The number of nitrogens with zero attached hydrogens (tertiary/aromatic N) is 1. The molecule has 3 N–H and O–H groups in total. The van der Waals surface area contributed by atoms with Gasteiger partial charge in [0.05, 0.1) is 6.42 Å². The Balaban J connectivity index is 1.67. The van der Waals surface area contributed by atoms with Gasteiger partial charge in [-0.1, -0.05) is 18.2 Å². The lowest BCUT2D eigenvalue weighted by Gasteiger charge is -2.36. The van der Waals surface area contributed by atoms with E-state index in [4.69, 9.17) is 5.73 Å². The third-order valence-electron chi connectivity index (χ3n) is 4.30. The molecule has 1 aliphatic heterocycles. The molecular formula is C16H18N2O3S. The van der Waals surface area contributed by atoms with E-state index in [1.54, 1.807) is 16.2 Å². The first kappa shape index (κ1) is 15.0. The van der Waals surface area contributed by atoms with Gasteiger partial charge in [-0.3, -0.25) is 9.59 Å². The summed E-state index contributed by atoms with van der Waals surface area (Å²) < 4.78 is 1.17. The van der Waals surface area contributed by atoms with Gasteiger partial charge < -0.3 is 15.7 Å². The summed E-state index contributed by atoms with van der Waals surface area (Å²) in [6, 6.07) is 8.02. The lowest BCUT2D eigenvalue weighted by atomic mass is 9.90. The number of carbonyl (C=O) groups excluding carboxylic acids is 2. The number of rotatable bonds is 3. The minimum absolute atomic E-state index is 0.0232. The van der Waals surface area contributed by atoms with Crippen LogP contribution in [0.4, 0.5) is 0 Å². The zero-order valence-electron chi connectivity index (χ0n) is 12.1. The van der Waals surface area contributed by atoms with E-state index in [2.05, 4.69) is 0 Å². The summed E-state index contributed by atoms with van der Waals surface area (Å²) in [6.07, 6.45) is 0.760. The van der Waals surface area contributed by atoms with Gasteiger partial charge in [0.25, 0.3) is 0 Å². The molecule has 116 valence electrons. The van der Waals surface area contributed by atoms with E-state index >= 15 is 0 Å². The second-order valence-electron chi connectivity index (χ2n) is 5.71. The van der Waals surface area contributed by atoms with E-state index in [1.807, 2.05) is 29.6 Å². The van der Waals surface area contributed by atoms with Crippen molar-refractivity contribution in [2.45, 2.75) is 24.9 Å². The molecule has 0 aliphatic carbocycles. The molecule has 2 amide bonds. The average Bonchev–Trinajstić information content (AvgIpc) is 2.91. The van der Waals surface area contributed by atoms with Crippen molar-refractivity contribution in [3.05, 3.63) is 35.2 Å². The standard InChI is InChI=1S/C16H18N2O3S/c17-15(20)16(21)5-7-18(8-6-16)14(19)9-11-10-22-13-4-2-1-3-12(11)13/h1-4,10,21H,5-9H2,(H2,17,20). The zero-order valence-corrected chi connectivity index (χ0v) is 12.9. The van der Waals surface area contributed by atoms with Crippen molar-refractivity contribution in [3.8, 4) is 0 Å². The van der Waals surface area contributed by atoms with Crippen LogP contribution in [0.25, 0.3) is 10.1 Å². The fraction of sp³-hybridized carbons (Fsp3) is 0.375. The second-order valence-corrected chi connectivity index (χ2v) is 6.62. The van der Waals surface area contributed by atoms with Gasteiger partial charge in [-0.2, -0.15) is 0 Å². The van der Waals surface area contributed by atoms with Crippen molar-refractivity contribution >= 4 is 33.2 Å². The van der Waals surface area contributed by atoms with Crippen molar-refractivity contribution in [1.29, 1.82) is 0 Å². The van der Waals surface area contributed by atoms with E-state index in [9.17, 15) is 14.7 Å². The van der Waals surface area contributed by atoms with Crippen LogP contribution >= 0.6 is 11.3 Å². The van der Waals surface area contributed by atoms with Crippen molar-refractivity contribution in [3.63, 3.8) is 0 Å². The van der Waals surface area contributed by atoms with Gasteiger partial charge in [-0.25, -0.2) is 0 Å². The molecule has 0 atom stereocenters. The first-order valence-electron chi connectivity index (χ1n) is 7.25. The number of likely N-dealkylation sites (tertiary alicyclic amines) is 1. The summed E-state index contributed by atoms with van der Waals surface area (Å²) in [5.74, 6) is -0.682. The normalized spacial score (nSPS) is 17.6. The van der Waals surface area contributed by atoms with Crippen LogP contribution in [-0.2, 0) is 16.0 Å². The number of benzene rings is 1. The lowest BCUT2D eigenvalue weighted by Crippen LogP contribution is -2.53. The molecule has 0 bridgehead atoms. The molecule has 1 fully saturated rings. The minimum Gasteiger partial charge on any atom is -0.380 e. The molecule has 0 spiro atoms. The monoisotopic (exact) mass is 318 g/mol. The first-order chi connectivity index (χ1) is 10.5. The maximum absolute atomic E-state index is 12.4. The predicted molar refractivity (Wildman–Crippen MR) is 85.5 cm³/mol. The smallest absolute Gasteiger partial charge is 0.249 e. The van der Waals surface area contributed by atoms with E-state index in [-0.39, 0.29) is 18.7 Å². The van der Waals surface area contributed by atoms with Gasteiger partial charge in [0.15, 0.2) is 0 Å². The van der Waals surface area contributed by atoms with Gasteiger partial charge >= 0.3 is 0 Å². The van der Waals surface area contributed by atoms with Gasteiger partial charge in [-0.05, 0) is 22.4 Å². The molecule has 0 radical (unpaired) electrons. The summed E-state index contributed by atoms with van der Waals surface area (Å²) in [5, 5.41) is 13.2.